The standard InChI is InChI=1S/C24H34N/c1-7-10-13-19-15-16-21-20(17-19)22-14-11-12-18(4)25(22)24(6,9-3)23(21,5)8-2/h11-12,14-17H,7-10,13H2,1-6H3/q+1. The van der Waals surface area contributed by atoms with Gasteiger partial charge in [-0.2, -0.15) is 4.57 Å². The summed E-state index contributed by atoms with van der Waals surface area (Å²) in [5.41, 5.74) is 7.46. The number of benzene rings is 1. The summed E-state index contributed by atoms with van der Waals surface area (Å²) in [5, 5.41) is 0. The van der Waals surface area contributed by atoms with Crippen molar-refractivity contribution in [3.63, 3.8) is 0 Å². The molecule has 1 heteroatoms. The van der Waals surface area contributed by atoms with E-state index in [2.05, 4.69) is 82.5 Å². The van der Waals surface area contributed by atoms with E-state index < -0.39 is 0 Å². The Labute approximate surface area is 154 Å². The lowest BCUT2D eigenvalue weighted by molar-refractivity contribution is -0.770. The molecule has 0 spiro atoms. The van der Waals surface area contributed by atoms with Gasteiger partial charge in [0.1, 0.15) is 0 Å². The van der Waals surface area contributed by atoms with E-state index in [1.165, 1.54) is 47.3 Å². The minimum Gasteiger partial charge on any atom is -0.190 e. The van der Waals surface area contributed by atoms with Gasteiger partial charge in [-0.05, 0) is 49.4 Å². The van der Waals surface area contributed by atoms with Crippen LogP contribution in [0.2, 0.25) is 0 Å². The number of aryl methyl sites for hydroxylation is 2. The minimum absolute atomic E-state index is 0.0976. The summed E-state index contributed by atoms with van der Waals surface area (Å²) in [6, 6.07) is 14.1. The first-order valence-corrected chi connectivity index (χ1v) is 10.1. The molecule has 1 aromatic heterocycles. The molecule has 2 aromatic rings. The SMILES string of the molecule is CCCCc1ccc2c(c1)-c1cccc(C)[n+]1C(C)(CC)C2(C)CC. The van der Waals surface area contributed by atoms with Gasteiger partial charge in [0.25, 0.3) is 0 Å². The second-order valence-corrected chi connectivity index (χ2v) is 8.18. The van der Waals surface area contributed by atoms with Gasteiger partial charge in [-0.3, -0.25) is 0 Å². The smallest absolute Gasteiger partial charge is 0.190 e. The average molecular weight is 337 g/mol. The summed E-state index contributed by atoms with van der Waals surface area (Å²) in [6.07, 6.45) is 5.99. The predicted molar refractivity (Wildman–Crippen MR) is 107 cm³/mol. The molecule has 0 N–H and O–H groups in total. The Morgan fingerprint density at radius 2 is 1.72 bits per heavy atom. The average Bonchev–Trinajstić information content (AvgIpc) is 2.64. The van der Waals surface area contributed by atoms with Crippen molar-refractivity contribution < 1.29 is 4.57 Å². The number of hydrogen-bond donors (Lipinski definition) is 0. The predicted octanol–water partition coefficient (Wildman–Crippen LogP) is 6.10. The molecule has 2 atom stereocenters. The number of rotatable bonds is 5. The van der Waals surface area contributed by atoms with E-state index in [1.807, 2.05) is 0 Å². The van der Waals surface area contributed by atoms with Crippen LogP contribution >= 0.6 is 0 Å². The molecular formula is C24H34N+. The van der Waals surface area contributed by atoms with Crippen molar-refractivity contribution in [3.05, 3.63) is 53.2 Å². The Bertz CT molecular complexity index is 776. The third kappa shape index (κ3) is 2.55. The van der Waals surface area contributed by atoms with E-state index >= 15 is 0 Å². The van der Waals surface area contributed by atoms with Crippen LogP contribution in [0.15, 0.2) is 36.4 Å². The molecule has 1 aliphatic rings. The molecule has 0 aliphatic carbocycles. The van der Waals surface area contributed by atoms with Gasteiger partial charge in [-0.15, -0.1) is 0 Å². The van der Waals surface area contributed by atoms with Gasteiger partial charge in [0.05, 0.1) is 11.0 Å². The van der Waals surface area contributed by atoms with Crippen LogP contribution in [0.3, 0.4) is 0 Å². The third-order valence-electron chi connectivity index (χ3n) is 7.04. The van der Waals surface area contributed by atoms with Crippen LogP contribution in [0.5, 0.6) is 0 Å². The molecule has 25 heavy (non-hydrogen) atoms. The van der Waals surface area contributed by atoms with Gasteiger partial charge in [0.15, 0.2) is 11.2 Å². The molecule has 134 valence electrons. The first-order valence-electron chi connectivity index (χ1n) is 10.1. The molecule has 0 saturated heterocycles. The highest BCUT2D eigenvalue weighted by Crippen LogP contribution is 2.49. The second-order valence-electron chi connectivity index (χ2n) is 8.18. The summed E-state index contributed by atoms with van der Waals surface area (Å²) < 4.78 is 2.63. The Morgan fingerprint density at radius 3 is 2.36 bits per heavy atom. The van der Waals surface area contributed by atoms with E-state index in [0.717, 1.165) is 12.8 Å². The zero-order chi connectivity index (χ0) is 18.2. The van der Waals surface area contributed by atoms with Crippen LogP contribution in [-0.4, -0.2) is 0 Å². The number of unbranched alkanes of at least 4 members (excludes halogenated alkanes) is 1. The zero-order valence-electron chi connectivity index (χ0n) is 16.9. The maximum absolute atomic E-state index is 2.63. The van der Waals surface area contributed by atoms with Crippen molar-refractivity contribution in [2.24, 2.45) is 0 Å². The van der Waals surface area contributed by atoms with Crippen molar-refractivity contribution in [1.29, 1.82) is 0 Å². The van der Waals surface area contributed by atoms with Crippen LogP contribution in [0.1, 0.15) is 77.1 Å². The lowest BCUT2D eigenvalue weighted by atomic mass is 9.60. The van der Waals surface area contributed by atoms with Crippen molar-refractivity contribution in [3.8, 4) is 11.3 Å². The lowest BCUT2D eigenvalue weighted by Gasteiger charge is -2.46. The minimum atomic E-state index is 0.0976. The molecule has 1 aliphatic heterocycles. The van der Waals surface area contributed by atoms with Crippen molar-refractivity contribution in [1.82, 2.24) is 0 Å². The summed E-state index contributed by atoms with van der Waals surface area (Å²) >= 11 is 0. The Balaban J connectivity index is 2.31. The highest BCUT2D eigenvalue weighted by molar-refractivity contribution is 5.66. The van der Waals surface area contributed by atoms with Crippen molar-refractivity contribution in [2.75, 3.05) is 0 Å². The van der Waals surface area contributed by atoms with Crippen LogP contribution in [0, 0.1) is 6.92 Å². The maximum atomic E-state index is 2.63. The number of pyridine rings is 1. The fourth-order valence-electron chi connectivity index (χ4n) is 4.96. The number of hydrogen-bond acceptors (Lipinski definition) is 0. The summed E-state index contributed by atoms with van der Waals surface area (Å²) in [4.78, 5) is 0. The van der Waals surface area contributed by atoms with E-state index in [0.29, 0.717) is 0 Å². The van der Waals surface area contributed by atoms with Crippen LogP contribution in [0.25, 0.3) is 11.3 Å². The first kappa shape index (κ1) is 18.2. The topological polar surface area (TPSA) is 3.88 Å². The lowest BCUT2D eigenvalue weighted by Crippen LogP contribution is -2.68. The normalized spacial score (nSPS) is 24.7. The van der Waals surface area contributed by atoms with E-state index in [-0.39, 0.29) is 11.0 Å². The molecule has 0 amide bonds. The Hall–Kier alpha value is -1.63. The van der Waals surface area contributed by atoms with Crippen LogP contribution in [0.4, 0.5) is 0 Å². The first-order chi connectivity index (χ1) is 11.9. The van der Waals surface area contributed by atoms with Gasteiger partial charge in [0.2, 0.25) is 5.69 Å². The van der Waals surface area contributed by atoms with Gasteiger partial charge in [-0.25, -0.2) is 0 Å². The highest BCUT2D eigenvalue weighted by atomic mass is 15.1. The van der Waals surface area contributed by atoms with Gasteiger partial charge in [0, 0.05) is 32.4 Å². The molecule has 2 heterocycles. The summed E-state index contributed by atoms with van der Waals surface area (Å²) in [5.74, 6) is 0. The molecule has 1 nitrogen and oxygen atoms in total. The second kappa shape index (κ2) is 6.59. The monoisotopic (exact) mass is 336 g/mol. The maximum Gasteiger partial charge on any atom is 0.213 e. The Morgan fingerprint density at radius 1 is 0.960 bits per heavy atom. The largest absolute Gasteiger partial charge is 0.213 e. The summed E-state index contributed by atoms with van der Waals surface area (Å²) in [6.45, 7) is 14.2. The zero-order valence-corrected chi connectivity index (χ0v) is 16.9. The van der Waals surface area contributed by atoms with E-state index in [9.17, 15) is 0 Å². The molecular weight excluding hydrogens is 302 g/mol. The van der Waals surface area contributed by atoms with Crippen LogP contribution < -0.4 is 4.57 Å². The molecule has 0 bridgehead atoms. The molecule has 0 radical (unpaired) electrons. The van der Waals surface area contributed by atoms with Gasteiger partial charge in [-0.1, -0.05) is 39.3 Å². The quantitative estimate of drug-likeness (QED) is 0.581. The number of fused-ring (bicyclic) bond motifs is 3. The Kier molecular flexibility index (Phi) is 4.79. The van der Waals surface area contributed by atoms with Gasteiger partial charge >= 0.3 is 0 Å². The van der Waals surface area contributed by atoms with Crippen LogP contribution in [-0.2, 0) is 17.4 Å². The fraction of sp³-hybridized carbons (Fsp3) is 0.542. The molecule has 0 fully saturated rings. The fourth-order valence-corrected chi connectivity index (χ4v) is 4.96. The number of aromatic nitrogens is 1. The molecule has 3 rings (SSSR count). The van der Waals surface area contributed by atoms with E-state index in [1.54, 1.807) is 0 Å². The molecule has 2 unspecified atom stereocenters. The number of nitrogens with zero attached hydrogens (tertiary/aromatic N) is 1. The highest BCUT2D eigenvalue weighted by Gasteiger charge is 2.56. The molecule has 0 saturated carbocycles. The van der Waals surface area contributed by atoms with Crippen molar-refractivity contribution in [2.45, 2.75) is 84.6 Å². The molecule has 1 aromatic carbocycles. The van der Waals surface area contributed by atoms with E-state index in [4.69, 9.17) is 0 Å². The van der Waals surface area contributed by atoms with Gasteiger partial charge < -0.3 is 0 Å². The van der Waals surface area contributed by atoms with Crippen molar-refractivity contribution >= 4 is 0 Å². The third-order valence-corrected chi connectivity index (χ3v) is 7.04. The summed E-state index contributed by atoms with van der Waals surface area (Å²) in [7, 11) is 0.